The lowest BCUT2D eigenvalue weighted by atomic mass is 10.0. The van der Waals surface area contributed by atoms with Gasteiger partial charge in [-0.3, -0.25) is 9.59 Å². The second-order valence-electron chi connectivity index (χ2n) is 6.68. The highest BCUT2D eigenvalue weighted by atomic mass is 16.5. The van der Waals surface area contributed by atoms with Gasteiger partial charge in [0, 0.05) is 28.6 Å². The summed E-state index contributed by atoms with van der Waals surface area (Å²) in [4.78, 5) is 25.4. The smallest absolute Gasteiger partial charge is 0.255 e. The maximum absolute atomic E-state index is 12.8. The topological polar surface area (TPSA) is 67.4 Å². The predicted octanol–water partition coefficient (Wildman–Crippen LogP) is 5.07. The minimum atomic E-state index is -0.293. The third-order valence-electron chi connectivity index (χ3n) is 4.69. The van der Waals surface area contributed by atoms with Crippen molar-refractivity contribution in [2.24, 2.45) is 0 Å². The molecule has 2 amide bonds. The van der Waals surface area contributed by atoms with Crippen LogP contribution in [0, 0.1) is 6.92 Å². The van der Waals surface area contributed by atoms with Crippen LogP contribution in [0.2, 0.25) is 0 Å². The number of benzene rings is 3. The number of carbonyl (C=O) groups is 2. The predicted molar refractivity (Wildman–Crippen MR) is 116 cm³/mol. The van der Waals surface area contributed by atoms with Crippen molar-refractivity contribution in [1.82, 2.24) is 0 Å². The maximum atomic E-state index is 12.8. The standard InChI is InChI=1S/C24H24N2O3/c1-4-17-9-5-8-16(2)22(17)26-24(28)19-11-6-10-18(14-19)23(27)25-20-12-7-13-21(15-20)29-3/h5-15H,4H2,1-3H3,(H,25,27)(H,26,28). The molecule has 5 nitrogen and oxygen atoms in total. The van der Waals surface area contributed by atoms with Crippen LogP contribution in [0.5, 0.6) is 5.75 Å². The molecule has 0 fully saturated rings. The highest BCUT2D eigenvalue weighted by molar-refractivity contribution is 6.09. The van der Waals surface area contributed by atoms with Crippen molar-refractivity contribution >= 4 is 23.2 Å². The summed E-state index contributed by atoms with van der Waals surface area (Å²) in [7, 11) is 1.57. The molecule has 148 valence electrons. The van der Waals surface area contributed by atoms with E-state index in [0.29, 0.717) is 22.6 Å². The number of amides is 2. The van der Waals surface area contributed by atoms with Gasteiger partial charge in [0.25, 0.3) is 11.8 Å². The zero-order valence-corrected chi connectivity index (χ0v) is 16.8. The lowest BCUT2D eigenvalue weighted by Gasteiger charge is -2.13. The van der Waals surface area contributed by atoms with Crippen LogP contribution < -0.4 is 15.4 Å². The number of hydrogen-bond donors (Lipinski definition) is 2. The van der Waals surface area contributed by atoms with Crippen LogP contribution >= 0.6 is 0 Å². The number of anilines is 2. The van der Waals surface area contributed by atoms with E-state index in [2.05, 4.69) is 10.6 Å². The number of methoxy groups -OCH3 is 1. The van der Waals surface area contributed by atoms with Gasteiger partial charge in [0.2, 0.25) is 0 Å². The van der Waals surface area contributed by atoms with Crippen molar-refractivity contribution in [2.75, 3.05) is 17.7 Å². The Morgan fingerprint density at radius 2 is 1.52 bits per heavy atom. The van der Waals surface area contributed by atoms with Crippen molar-refractivity contribution in [1.29, 1.82) is 0 Å². The molecule has 0 aliphatic carbocycles. The molecule has 2 N–H and O–H groups in total. The average Bonchev–Trinajstić information content (AvgIpc) is 2.75. The lowest BCUT2D eigenvalue weighted by Crippen LogP contribution is -2.16. The van der Waals surface area contributed by atoms with Gasteiger partial charge in [0.1, 0.15) is 5.75 Å². The molecule has 5 heteroatoms. The first-order valence-corrected chi connectivity index (χ1v) is 9.47. The maximum Gasteiger partial charge on any atom is 0.255 e. The van der Waals surface area contributed by atoms with E-state index in [0.717, 1.165) is 23.2 Å². The molecule has 0 heterocycles. The van der Waals surface area contributed by atoms with Gasteiger partial charge in [-0.1, -0.05) is 37.3 Å². The van der Waals surface area contributed by atoms with Gasteiger partial charge in [0.05, 0.1) is 7.11 Å². The third-order valence-corrected chi connectivity index (χ3v) is 4.69. The van der Waals surface area contributed by atoms with Gasteiger partial charge in [-0.25, -0.2) is 0 Å². The number of carbonyl (C=O) groups excluding carboxylic acids is 2. The molecule has 0 spiro atoms. The van der Waals surface area contributed by atoms with Crippen LogP contribution in [0.15, 0.2) is 66.7 Å². The summed E-state index contributed by atoms with van der Waals surface area (Å²) in [6.07, 6.45) is 0.820. The lowest BCUT2D eigenvalue weighted by molar-refractivity contribution is 0.102. The molecule has 0 saturated carbocycles. The monoisotopic (exact) mass is 388 g/mol. The van der Waals surface area contributed by atoms with Crippen molar-refractivity contribution in [3.8, 4) is 5.75 Å². The van der Waals surface area contributed by atoms with Crippen LogP contribution in [0.3, 0.4) is 0 Å². The number of ether oxygens (including phenoxy) is 1. The molecule has 0 bridgehead atoms. The third kappa shape index (κ3) is 4.82. The first-order chi connectivity index (χ1) is 14.0. The van der Waals surface area contributed by atoms with E-state index in [4.69, 9.17) is 4.74 Å². The van der Waals surface area contributed by atoms with Crippen LogP contribution in [0.25, 0.3) is 0 Å². The average molecular weight is 388 g/mol. The Kier molecular flexibility index (Phi) is 6.29. The second-order valence-corrected chi connectivity index (χ2v) is 6.68. The first-order valence-electron chi connectivity index (χ1n) is 9.47. The Labute approximate surface area is 170 Å². The number of nitrogens with one attached hydrogen (secondary N) is 2. The van der Waals surface area contributed by atoms with Crippen molar-refractivity contribution < 1.29 is 14.3 Å². The number of hydrogen-bond acceptors (Lipinski definition) is 3. The zero-order valence-electron chi connectivity index (χ0n) is 16.8. The highest BCUT2D eigenvalue weighted by Gasteiger charge is 2.13. The molecule has 0 radical (unpaired) electrons. The molecule has 0 unspecified atom stereocenters. The van der Waals surface area contributed by atoms with Gasteiger partial charge in [-0.15, -0.1) is 0 Å². The van der Waals surface area contributed by atoms with Crippen LogP contribution in [-0.4, -0.2) is 18.9 Å². The molecular formula is C24H24N2O3. The molecule has 29 heavy (non-hydrogen) atoms. The molecule has 0 saturated heterocycles. The van der Waals surface area contributed by atoms with Crippen molar-refractivity contribution in [3.63, 3.8) is 0 Å². The van der Waals surface area contributed by atoms with E-state index in [1.54, 1.807) is 55.6 Å². The molecular weight excluding hydrogens is 364 g/mol. The summed E-state index contributed by atoms with van der Waals surface area (Å²) >= 11 is 0. The summed E-state index contributed by atoms with van der Waals surface area (Å²) in [5, 5.41) is 5.82. The van der Waals surface area contributed by atoms with E-state index >= 15 is 0 Å². The summed E-state index contributed by atoms with van der Waals surface area (Å²) in [6, 6.07) is 19.7. The molecule has 0 aliphatic heterocycles. The Hall–Kier alpha value is -3.60. The molecule has 0 atom stereocenters. The van der Waals surface area contributed by atoms with E-state index in [1.165, 1.54) is 0 Å². The Morgan fingerprint density at radius 3 is 2.21 bits per heavy atom. The van der Waals surface area contributed by atoms with Gasteiger partial charge in [0.15, 0.2) is 0 Å². The van der Waals surface area contributed by atoms with E-state index in [1.807, 2.05) is 32.0 Å². The quantitative estimate of drug-likeness (QED) is 0.619. The Bertz CT molecular complexity index is 1040. The first kappa shape index (κ1) is 20.1. The van der Waals surface area contributed by atoms with Gasteiger partial charge in [-0.2, -0.15) is 0 Å². The van der Waals surface area contributed by atoms with Crippen LogP contribution in [0.4, 0.5) is 11.4 Å². The number of para-hydroxylation sites is 1. The molecule has 3 aromatic rings. The van der Waals surface area contributed by atoms with Gasteiger partial charge < -0.3 is 15.4 Å². The fourth-order valence-corrected chi connectivity index (χ4v) is 3.09. The van der Waals surface area contributed by atoms with Gasteiger partial charge in [-0.05, 0) is 54.8 Å². The summed E-state index contributed by atoms with van der Waals surface area (Å²) < 4.78 is 5.17. The van der Waals surface area contributed by atoms with E-state index in [-0.39, 0.29) is 11.8 Å². The summed E-state index contributed by atoms with van der Waals surface area (Å²) in [5.74, 6) is 0.115. The van der Waals surface area contributed by atoms with E-state index < -0.39 is 0 Å². The highest BCUT2D eigenvalue weighted by Crippen LogP contribution is 2.22. The SMILES string of the molecule is CCc1cccc(C)c1NC(=O)c1cccc(C(=O)Nc2cccc(OC)c2)c1. The fourth-order valence-electron chi connectivity index (χ4n) is 3.09. The summed E-state index contributed by atoms with van der Waals surface area (Å²) in [6.45, 7) is 4.01. The Balaban J connectivity index is 1.78. The fraction of sp³-hybridized carbons (Fsp3) is 0.167. The minimum absolute atomic E-state index is 0.245. The largest absolute Gasteiger partial charge is 0.497 e. The second kappa shape index (κ2) is 9.06. The van der Waals surface area contributed by atoms with Gasteiger partial charge >= 0.3 is 0 Å². The Morgan fingerprint density at radius 1 is 0.862 bits per heavy atom. The van der Waals surface area contributed by atoms with Crippen molar-refractivity contribution in [3.05, 3.63) is 89.0 Å². The molecule has 0 aromatic heterocycles. The molecule has 3 rings (SSSR count). The molecule has 3 aromatic carbocycles. The van der Waals surface area contributed by atoms with Crippen LogP contribution in [-0.2, 0) is 6.42 Å². The van der Waals surface area contributed by atoms with Crippen LogP contribution in [0.1, 0.15) is 38.8 Å². The zero-order chi connectivity index (χ0) is 20.8. The molecule has 0 aliphatic rings. The normalized spacial score (nSPS) is 10.3. The van der Waals surface area contributed by atoms with E-state index in [9.17, 15) is 9.59 Å². The van der Waals surface area contributed by atoms with Crippen molar-refractivity contribution in [2.45, 2.75) is 20.3 Å². The number of aryl methyl sites for hydroxylation is 2. The number of rotatable bonds is 6. The summed E-state index contributed by atoms with van der Waals surface area (Å²) in [5.41, 5.74) is 4.35. The minimum Gasteiger partial charge on any atom is -0.497 e.